The average molecular weight is 273 g/mol. The second-order valence-corrected chi connectivity index (χ2v) is 5.03. The summed E-state index contributed by atoms with van der Waals surface area (Å²) in [5, 5.41) is 6.62. The van der Waals surface area contributed by atoms with Crippen molar-refractivity contribution in [1.29, 1.82) is 0 Å². The molecule has 0 radical (unpaired) electrons. The minimum Gasteiger partial charge on any atom is -0.355 e. The molecule has 0 aliphatic heterocycles. The van der Waals surface area contributed by atoms with E-state index >= 15 is 0 Å². The molecule has 0 atom stereocenters. The third-order valence-electron chi connectivity index (χ3n) is 2.11. The Kier molecular flexibility index (Phi) is 7.08. The topological polar surface area (TPSA) is 41.1 Å². The highest BCUT2D eigenvalue weighted by Gasteiger charge is 2.01. The molecule has 0 heterocycles. The van der Waals surface area contributed by atoms with E-state index in [2.05, 4.69) is 10.6 Å². The number of benzene rings is 1. The Labute approximate surface area is 111 Å². The lowest BCUT2D eigenvalue weighted by Crippen LogP contribution is -2.27. The van der Waals surface area contributed by atoms with Gasteiger partial charge in [0.25, 0.3) is 0 Å². The molecule has 0 aliphatic rings. The van der Waals surface area contributed by atoms with Gasteiger partial charge < -0.3 is 10.6 Å². The van der Waals surface area contributed by atoms with Crippen LogP contribution < -0.4 is 10.6 Å². The van der Waals surface area contributed by atoms with Gasteiger partial charge in [0.1, 0.15) is 0 Å². The third-order valence-corrected chi connectivity index (χ3v) is 3.37. The Morgan fingerprint density at radius 1 is 1.29 bits per heavy atom. The van der Waals surface area contributed by atoms with E-state index in [1.165, 1.54) is 11.8 Å². The molecule has 0 fully saturated rings. The Hall–Kier alpha value is -0.710. The van der Waals surface area contributed by atoms with Gasteiger partial charge in [0.15, 0.2) is 0 Å². The first-order valence-electron chi connectivity index (χ1n) is 5.52. The zero-order valence-corrected chi connectivity index (χ0v) is 11.4. The maximum Gasteiger partial charge on any atom is 0.230 e. The normalized spacial score (nSPS) is 10.2. The molecular formula is C12H17ClN2OS. The van der Waals surface area contributed by atoms with E-state index < -0.39 is 0 Å². The Morgan fingerprint density at radius 2 is 2.00 bits per heavy atom. The monoisotopic (exact) mass is 272 g/mol. The number of thioether (sulfide) groups is 1. The smallest absolute Gasteiger partial charge is 0.230 e. The number of carbonyl (C=O) groups is 1. The fourth-order valence-electron chi connectivity index (χ4n) is 1.22. The van der Waals surface area contributed by atoms with E-state index in [-0.39, 0.29) is 5.91 Å². The van der Waals surface area contributed by atoms with Crippen molar-refractivity contribution in [1.82, 2.24) is 10.6 Å². The number of hydrogen-bond donors (Lipinski definition) is 2. The predicted octanol–water partition coefficient (Wildman–Crippen LogP) is 2.16. The zero-order valence-electron chi connectivity index (χ0n) is 9.83. The van der Waals surface area contributed by atoms with Crippen molar-refractivity contribution in [3.63, 3.8) is 0 Å². The third kappa shape index (κ3) is 6.56. The maximum atomic E-state index is 11.5. The van der Waals surface area contributed by atoms with Crippen LogP contribution >= 0.6 is 23.4 Å². The summed E-state index contributed by atoms with van der Waals surface area (Å²) in [6.07, 6.45) is 0.952. The molecule has 1 rings (SSSR count). The van der Waals surface area contributed by atoms with Crippen LogP contribution in [-0.4, -0.2) is 31.8 Å². The molecular weight excluding hydrogens is 256 g/mol. The van der Waals surface area contributed by atoms with Gasteiger partial charge in [-0.3, -0.25) is 4.79 Å². The lowest BCUT2D eigenvalue weighted by molar-refractivity contribution is -0.118. The van der Waals surface area contributed by atoms with E-state index in [9.17, 15) is 4.79 Å². The summed E-state index contributed by atoms with van der Waals surface area (Å²) in [4.78, 5) is 12.5. The first kappa shape index (κ1) is 14.4. The lowest BCUT2D eigenvalue weighted by Gasteiger charge is -2.05. The number of halogens is 1. The summed E-state index contributed by atoms with van der Waals surface area (Å²) < 4.78 is 0. The van der Waals surface area contributed by atoms with Crippen LogP contribution in [-0.2, 0) is 4.79 Å². The Bertz CT molecular complexity index is 343. The SMILES string of the molecule is CNCCCNC(=O)CSc1ccc(Cl)cc1. The summed E-state index contributed by atoms with van der Waals surface area (Å²) in [5.74, 6) is 0.516. The largest absolute Gasteiger partial charge is 0.355 e. The molecule has 0 unspecified atom stereocenters. The molecule has 1 aromatic rings. The molecule has 0 aromatic heterocycles. The molecule has 0 bridgehead atoms. The van der Waals surface area contributed by atoms with Crippen molar-refractivity contribution in [2.24, 2.45) is 0 Å². The summed E-state index contributed by atoms with van der Waals surface area (Å²) in [7, 11) is 1.90. The van der Waals surface area contributed by atoms with Crippen molar-refractivity contribution in [2.45, 2.75) is 11.3 Å². The van der Waals surface area contributed by atoms with Crippen LogP contribution in [0.4, 0.5) is 0 Å². The van der Waals surface area contributed by atoms with Crippen LogP contribution in [0.2, 0.25) is 5.02 Å². The predicted molar refractivity (Wildman–Crippen MR) is 73.7 cm³/mol. The van der Waals surface area contributed by atoms with Gasteiger partial charge in [0.2, 0.25) is 5.91 Å². The van der Waals surface area contributed by atoms with Crippen molar-refractivity contribution in [2.75, 3.05) is 25.9 Å². The standard InChI is InChI=1S/C12H17ClN2OS/c1-14-7-2-8-15-12(16)9-17-11-5-3-10(13)4-6-11/h3-6,14H,2,7-9H2,1H3,(H,15,16). The molecule has 0 aliphatic carbocycles. The van der Waals surface area contributed by atoms with Crippen LogP contribution in [0.5, 0.6) is 0 Å². The fraction of sp³-hybridized carbons (Fsp3) is 0.417. The van der Waals surface area contributed by atoms with Gasteiger partial charge in [-0.2, -0.15) is 0 Å². The van der Waals surface area contributed by atoms with E-state index in [1.807, 2.05) is 31.3 Å². The number of hydrogen-bond acceptors (Lipinski definition) is 3. The number of rotatable bonds is 7. The van der Waals surface area contributed by atoms with Crippen molar-refractivity contribution < 1.29 is 4.79 Å². The molecule has 17 heavy (non-hydrogen) atoms. The maximum absolute atomic E-state index is 11.5. The molecule has 0 spiro atoms. The van der Waals surface area contributed by atoms with Crippen LogP contribution in [0.15, 0.2) is 29.2 Å². The number of nitrogens with one attached hydrogen (secondary N) is 2. The molecule has 5 heteroatoms. The average Bonchev–Trinajstić information content (AvgIpc) is 2.34. The highest BCUT2D eigenvalue weighted by atomic mass is 35.5. The minimum atomic E-state index is 0.0704. The Morgan fingerprint density at radius 3 is 2.65 bits per heavy atom. The zero-order chi connectivity index (χ0) is 12.5. The molecule has 3 nitrogen and oxygen atoms in total. The van der Waals surface area contributed by atoms with Crippen LogP contribution in [0.3, 0.4) is 0 Å². The van der Waals surface area contributed by atoms with Gasteiger partial charge in [0, 0.05) is 16.5 Å². The van der Waals surface area contributed by atoms with Gasteiger partial charge >= 0.3 is 0 Å². The van der Waals surface area contributed by atoms with Gasteiger partial charge in [-0.15, -0.1) is 11.8 Å². The molecule has 2 N–H and O–H groups in total. The second-order valence-electron chi connectivity index (χ2n) is 3.55. The van der Waals surface area contributed by atoms with Crippen molar-refractivity contribution in [3.05, 3.63) is 29.3 Å². The number of carbonyl (C=O) groups excluding carboxylic acids is 1. The summed E-state index contributed by atoms with van der Waals surface area (Å²) in [5.41, 5.74) is 0. The minimum absolute atomic E-state index is 0.0704. The number of amides is 1. The first-order valence-corrected chi connectivity index (χ1v) is 6.88. The van der Waals surface area contributed by atoms with Gasteiger partial charge in [-0.1, -0.05) is 11.6 Å². The van der Waals surface area contributed by atoms with Gasteiger partial charge in [-0.05, 0) is 44.3 Å². The van der Waals surface area contributed by atoms with E-state index in [0.717, 1.165) is 24.4 Å². The molecule has 94 valence electrons. The molecule has 1 aromatic carbocycles. The van der Waals surface area contributed by atoms with E-state index in [1.54, 1.807) is 0 Å². The molecule has 0 saturated heterocycles. The second kappa shape index (κ2) is 8.39. The Balaban J connectivity index is 2.17. The van der Waals surface area contributed by atoms with Crippen LogP contribution in [0, 0.1) is 0 Å². The summed E-state index contributed by atoms with van der Waals surface area (Å²) >= 11 is 7.29. The van der Waals surface area contributed by atoms with Crippen LogP contribution in [0.25, 0.3) is 0 Å². The molecule has 1 amide bonds. The van der Waals surface area contributed by atoms with E-state index in [0.29, 0.717) is 10.8 Å². The lowest BCUT2D eigenvalue weighted by atomic mass is 10.4. The van der Waals surface area contributed by atoms with E-state index in [4.69, 9.17) is 11.6 Å². The van der Waals surface area contributed by atoms with Crippen LogP contribution in [0.1, 0.15) is 6.42 Å². The summed E-state index contributed by atoms with van der Waals surface area (Å²) in [6.45, 7) is 1.64. The van der Waals surface area contributed by atoms with Gasteiger partial charge in [0.05, 0.1) is 5.75 Å². The molecule has 0 saturated carbocycles. The fourth-order valence-corrected chi connectivity index (χ4v) is 2.08. The summed E-state index contributed by atoms with van der Waals surface area (Å²) in [6, 6.07) is 7.49. The van der Waals surface area contributed by atoms with Gasteiger partial charge in [-0.25, -0.2) is 0 Å². The highest BCUT2D eigenvalue weighted by molar-refractivity contribution is 8.00. The quantitative estimate of drug-likeness (QED) is 0.590. The first-order chi connectivity index (χ1) is 8.22. The van der Waals surface area contributed by atoms with Crippen molar-refractivity contribution >= 4 is 29.3 Å². The van der Waals surface area contributed by atoms with Crippen molar-refractivity contribution in [3.8, 4) is 0 Å². The highest BCUT2D eigenvalue weighted by Crippen LogP contribution is 2.19.